The van der Waals surface area contributed by atoms with Gasteiger partial charge in [0.15, 0.2) is 11.5 Å². The fourth-order valence-electron chi connectivity index (χ4n) is 2.65. The summed E-state index contributed by atoms with van der Waals surface area (Å²) < 4.78 is 11.4. The standard InChI is InChI=1S/C17H27NO2/c1-2-19-16-10-4-5-11-17(16)20-15-9-8-14-18-12-6-3-7-13-18/h4-5,10-11H,2-3,6-9,12-15H2,1H3. The van der Waals surface area contributed by atoms with E-state index in [9.17, 15) is 0 Å². The first-order chi connectivity index (χ1) is 9.90. The second-order valence-corrected chi connectivity index (χ2v) is 5.34. The highest BCUT2D eigenvalue weighted by Crippen LogP contribution is 2.26. The zero-order chi connectivity index (χ0) is 14.0. The highest BCUT2D eigenvalue weighted by molar-refractivity contribution is 5.39. The number of hydrogen-bond donors (Lipinski definition) is 0. The van der Waals surface area contributed by atoms with E-state index in [0.29, 0.717) is 6.61 Å². The van der Waals surface area contributed by atoms with Crippen molar-refractivity contribution in [2.45, 2.75) is 39.0 Å². The van der Waals surface area contributed by atoms with Crippen LogP contribution in [0.1, 0.15) is 39.0 Å². The van der Waals surface area contributed by atoms with Crippen LogP contribution in [0.25, 0.3) is 0 Å². The molecule has 0 bridgehead atoms. The molecule has 1 aliphatic rings. The maximum Gasteiger partial charge on any atom is 0.161 e. The summed E-state index contributed by atoms with van der Waals surface area (Å²) in [6, 6.07) is 7.92. The van der Waals surface area contributed by atoms with Crippen LogP contribution in [0.2, 0.25) is 0 Å². The van der Waals surface area contributed by atoms with Gasteiger partial charge in [-0.2, -0.15) is 0 Å². The Balaban J connectivity index is 1.63. The number of benzene rings is 1. The number of piperidine rings is 1. The molecule has 1 aliphatic heterocycles. The molecule has 1 heterocycles. The van der Waals surface area contributed by atoms with Crippen molar-refractivity contribution in [2.75, 3.05) is 32.8 Å². The summed E-state index contributed by atoms with van der Waals surface area (Å²) in [7, 11) is 0. The number of para-hydroxylation sites is 2. The fourth-order valence-corrected chi connectivity index (χ4v) is 2.65. The first kappa shape index (κ1) is 15.2. The lowest BCUT2D eigenvalue weighted by Crippen LogP contribution is -2.30. The maximum atomic E-state index is 5.84. The van der Waals surface area contributed by atoms with Gasteiger partial charge in [0, 0.05) is 0 Å². The summed E-state index contributed by atoms with van der Waals surface area (Å²) in [5.41, 5.74) is 0. The van der Waals surface area contributed by atoms with Crippen LogP contribution in [0, 0.1) is 0 Å². The smallest absolute Gasteiger partial charge is 0.161 e. The molecule has 0 spiro atoms. The number of likely N-dealkylation sites (tertiary alicyclic amines) is 1. The summed E-state index contributed by atoms with van der Waals surface area (Å²) in [6.07, 6.45) is 6.48. The molecule has 3 nitrogen and oxygen atoms in total. The Labute approximate surface area is 122 Å². The molecule has 20 heavy (non-hydrogen) atoms. The molecule has 0 aliphatic carbocycles. The molecule has 0 saturated carbocycles. The number of nitrogens with zero attached hydrogens (tertiary/aromatic N) is 1. The second kappa shape index (κ2) is 8.85. The summed E-state index contributed by atoms with van der Waals surface area (Å²) >= 11 is 0. The van der Waals surface area contributed by atoms with E-state index in [2.05, 4.69) is 4.90 Å². The third kappa shape index (κ3) is 5.04. The van der Waals surface area contributed by atoms with Crippen molar-refractivity contribution in [3.05, 3.63) is 24.3 Å². The summed E-state index contributed by atoms with van der Waals surface area (Å²) in [5.74, 6) is 1.72. The predicted octanol–water partition coefficient (Wildman–Crippen LogP) is 3.73. The Morgan fingerprint density at radius 1 is 0.950 bits per heavy atom. The molecule has 0 radical (unpaired) electrons. The lowest BCUT2D eigenvalue weighted by Gasteiger charge is -2.26. The maximum absolute atomic E-state index is 5.84. The van der Waals surface area contributed by atoms with Crippen LogP contribution >= 0.6 is 0 Å². The van der Waals surface area contributed by atoms with Gasteiger partial charge >= 0.3 is 0 Å². The van der Waals surface area contributed by atoms with Crippen molar-refractivity contribution in [2.24, 2.45) is 0 Å². The van der Waals surface area contributed by atoms with Crippen molar-refractivity contribution in [3.63, 3.8) is 0 Å². The third-order valence-electron chi connectivity index (χ3n) is 3.72. The Bertz CT molecular complexity index is 375. The zero-order valence-corrected chi connectivity index (χ0v) is 12.6. The van der Waals surface area contributed by atoms with Gasteiger partial charge in [-0.25, -0.2) is 0 Å². The highest BCUT2D eigenvalue weighted by Gasteiger charge is 2.09. The van der Waals surface area contributed by atoms with Gasteiger partial charge in [0.1, 0.15) is 0 Å². The van der Waals surface area contributed by atoms with Gasteiger partial charge in [-0.15, -0.1) is 0 Å². The zero-order valence-electron chi connectivity index (χ0n) is 12.6. The van der Waals surface area contributed by atoms with E-state index < -0.39 is 0 Å². The number of rotatable bonds is 8. The quantitative estimate of drug-likeness (QED) is 0.676. The van der Waals surface area contributed by atoms with Gasteiger partial charge in [0.25, 0.3) is 0 Å². The summed E-state index contributed by atoms with van der Waals surface area (Å²) in [6.45, 7) is 7.24. The molecule has 0 aromatic heterocycles. The van der Waals surface area contributed by atoms with Gasteiger partial charge in [-0.1, -0.05) is 18.6 Å². The number of hydrogen-bond acceptors (Lipinski definition) is 3. The normalized spacial score (nSPS) is 16.1. The average molecular weight is 277 g/mol. The van der Waals surface area contributed by atoms with E-state index in [1.807, 2.05) is 31.2 Å². The van der Waals surface area contributed by atoms with Crippen LogP contribution in [-0.2, 0) is 0 Å². The van der Waals surface area contributed by atoms with Gasteiger partial charge in [0.2, 0.25) is 0 Å². The lowest BCUT2D eigenvalue weighted by atomic mass is 10.1. The molecule has 1 saturated heterocycles. The van der Waals surface area contributed by atoms with Crippen molar-refractivity contribution in [3.8, 4) is 11.5 Å². The molecular weight excluding hydrogens is 250 g/mol. The molecular formula is C17H27NO2. The van der Waals surface area contributed by atoms with Crippen molar-refractivity contribution >= 4 is 0 Å². The van der Waals surface area contributed by atoms with E-state index >= 15 is 0 Å². The van der Waals surface area contributed by atoms with E-state index in [0.717, 1.165) is 24.5 Å². The molecule has 112 valence electrons. The van der Waals surface area contributed by atoms with Crippen LogP contribution in [0.15, 0.2) is 24.3 Å². The van der Waals surface area contributed by atoms with Crippen LogP contribution in [0.3, 0.4) is 0 Å². The molecule has 1 aromatic rings. The van der Waals surface area contributed by atoms with E-state index in [-0.39, 0.29) is 0 Å². The van der Waals surface area contributed by atoms with E-state index in [1.165, 1.54) is 45.3 Å². The summed E-state index contributed by atoms with van der Waals surface area (Å²) in [5, 5.41) is 0. The Morgan fingerprint density at radius 3 is 2.35 bits per heavy atom. The molecule has 1 fully saturated rings. The molecule has 1 aromatic carbocycles. The SMILES string of the molecule is CCOc1ccccc1OCCCCN1CCCCC1. The van der Waals surface area contributed by atoms with Crippen LogP contribution < -0.4 is 9.47 Å². The predicted molar refractivity (Wildman–Crippen MR) is 82.6 cm³/mol. The average Bonchev–Trinajstić information content (AvgIpc) is 2.50. The Morgan fingerprint density at radius 2 is 1.65 bits per heavy atom. The minimum absolute atomic E-state index is 0.676. The fraction of sp³-hybridized carbons (Fsp3) is 0.647. The minimum atomic E-state index is 0.676. The van der Waals surface area contributed by atoms with E-state index in [1.54, 1.807) is 0 Å². The van der Waals surface area contributed by atoms with Gasteiger partial charge in [0.05, 0.1) is 13.2 Å². The molecule has 0 amide bonds. The topological polar surface area (TPSA) is 21.7 Å². The number of unbranched alkanes of at least 4 members (excludes halogenated alkanes) is 1. The third-order valence-corrected chi connectivity index (χ3v) is 3.72. The largest absolute Gasteiger partial charge is 0.490 e. The molecule has 0 unspecified atom stereocenters. The second-order valence-electron chi connectivity index (χ2n) is 5.34. The molecule has 0 N–H and O–H groups in total. The van der Waals surface area contributed by atoms with Crippen molar-refractivity contribution < 1.29 is 9.47 Å². The number of ether oxygens (including phenoxy) is 2. The molecule has 0 atom stereocenters. The van der Waals surface area contributed by atoms with Crippen molar-refractivity contribution in [1.29, 1.82) is 0 Å². The minimum Gasteiger partial charge on any atom is -0.490 e. The van der Waals surface area contributed by atoms with Gasteiger partial charge in [-0.05, 0) is 64.4 Å². The van der Waals surface area contributed by atoms with Crippen molar-refractivity contribution in [1.82, 2.24) is 4.90 Å². The van der Waals surface area contributed by atoms with Crippen LogP contribution in [0.5, 0.6) is 11.5 Å². The molecule has 2 rings (SSSR count). The van der Waals surface area contributed by atoms with Crippen LogP contribution in [-0.4, -0.2) is 37.7 Å². The monoisotopic (exact) mass is 277 g/mol. The summed E-state index contributed by atoms with van der Waals surface area (Å²) in [4.78, 5) is 2.58. The first-order valence-electron chi connectivity index (χ1n) is 7.97. The Kier molecular flexibility index (Phi) is 6.72. The lowest BCUT2D eigenvalue weighted by molar-refractivity contribution is 0.214. The van der Waals surface area contributed by atoms with Crippen LogP contribution in [0.4, 0.5) is 0 Å². The van der Waals surface area contributed by atoms with Gasteiger partial charge in [-0.3, -0.25) is 0 Å². The first-order valence-corrected chi connectivity index (χ1v) is 7.97. The van der Waals surface area contributed by atoms with E-state index in [4.69, 9.17) is 9.47 Å². The Hall–Kier alpha value is -1.22. The van der Waals surface area contributed by atoms with Gasteiger partial charge < -0.3 is 14.4 Å². The highest BCUT2D eigenvalue weighted by atomic mass is 16.5. The molecule has 3 heteroatoms.